The van der Waals surface area contributed by atoms with Crippen molar-refractivity contribution < 1.29 is 139 Å². The molecule has 8 aromatic heterocycles. The number of ketones is 4. The van der Waals surface area contributed by atoms with Gasteiger partial charge in [0.2, 0.25) is 23.5 Å². The van der Waals surface area contributed by atoms with Gasteiger partial charge in [-0.3, -0.25) is 19.2 Å². The molecule has 24 heteroatoms. The first kappa shape index (κ1) is 135. The molecule has 13 rings (SSSR count). The van der Waals surface area contributed by atoms with Gasteiger partial charge in [-0.15, -0.1) is 93.9 Å². The summed E-state index contributed by atoms with van der Waals surface area (Å²) in [7, 11) is 0. The third-order valence-corrected chi connectivity index (χ3v) is 31.1. The first-order valence-corrected chi connectivity index (χ1v) is 53.6. The number of benzene rings is 5. The van der Waals surface area contributed by atoms with E-state index >= 15 is 0 Å². The molecule has 148 heavy (non-hydrogen) atoms. The fraction of sp³-hybridized carbons (Fsp3) is 0.435. The van der Waals surface area contributed by atoms with E-state index in [9.17, 15) is 39.6 Å². The van der Waals surface area contributed by atoms with Crippen molar-refractivity contribution in [1.29, 1.82) is 0 Å². The maximum Gasteiger partial charge on any atom is 0.218 e. The van der Waals surface area contributed by atoms with Crippen LogP contribution in [0.4, 0.5) is 0 Å². The molecule has 0 bridgehead atoms. The summed E-state index contributed by atoms with van der Waals surface area (Å²) < 4.78 is 28.2. The summed E-state index contributed by atoms with van der Waals surface area (Å²) in [5, 5.41) is 48.3. The second-order valence-electron chi connectivity index (χ2n) is 42.9. The zero-order valence-electron chi connectivity index (χ0n) is 93.9. The Balaban J connectivity index is 0.000000574. The molecule has 0 saturated heterocycles. The molecule has 0 spiro atoms. The minimum Gasteiger partial charge on any atom is -0.512 e. The molecule has 16 nitrogen and oxygen atoms in total. The van der Waals surface area contributed by atoms with Crippen molar-refractivity contribution >= 4 is 109 Å². The van der Waals surface area contributed by atoms with Crippen LogP contribution < -0.4 is 18.9 Å². The van der Waals surface area contributed by atoms with E-state index in [0.717, 1.165) is 107 Å². The number of ether oxygens (including phenoxy) is 4. The number of aliphatic hydroxyl groups excluding tert-OH is 4. The first-order chi connectivity index (χ1) is 67.1. The molecule has 0 aliphatic heterocycles. The maximum absolute atomic E-state index is 11.8. The molecule has 0 aliphatic rings. The van der Waals surface area contributed by atoms with Crippen LogP contribution in [0.1, 0.15) is 312 Å². The number of thiophene rings is 4. The van der Waals surface area contributed by atoms with Gasteiger partial charge in [-0.1, -0.05) is 280 Å². The molecule has 5 aromatic carbocycles. The maximum atomic E-state index is 11.8. The smallest absolute Gasteiger partial charge is 0.218 e. The van der Waals surface area contributed by atoms with Crippen LogP contribution in [-0.2, 0) is 99.6 Å². The van der Waals surface area contributed by atoms with Gasteiger partial charge in [0, 0.05) is 270 Å². The summed E-state index contributed by atoms with van der Waals surface area (Å²) in [6, 6.07) is 53.9. The van der Waals surface area contributed by atoms with Crippen LogP contribution in [0.25, 0.3) is 50.8 Å². The minimum absolute atomic E-state index is 0. The van der Waals surface area contributed by atoms with Gasteiger partial charge >= 0.3 is 0 Å². The number of aromatic nitrogens is 4. The van der Waals surface area contributed by atoms with Gasteiger partial charge in [0.1, 0.15) is 23.0 Å². The number of nitrogens with zero attached hydrogens (tertiary/aromatic N) is 4. The van der Waals surface area contributed by atoms with Crippen molar-refractivity contribution in [2.45, 2.75) is 312 Å². The largest absolute Gasteiger partial charge is 0.512 e. The summed E-state index contributed by atoms with van der Waals surface area (Å²) in [5.41, 5.74) is 8.79. The van der Waals surface area contributed by atoms with E-state index in [2.05, 4.69) is 170 Å². The molecule has 812 valence electrons. The summed E-state index contributed by atoms with van der Waals surface area (Å²) in [4.78, 5) is 67.5. The second kappa shape index (κ2) is 60.6. The van der Waals surface area contributed by atoms with Crippen molar-refractivity contribution in [3.63, 3.8) is 0 Å². The Morgan fingerprint density at radius 2 is 0.615 bits per heavy atom. The number of fused-ring (bicyclic) bond motifs is 4. The van der Waals surface area contributed by atoms with Gasteiger partial charge in [0.25, 0.3) is 0 Å². The monoisotopic (exact) mass is 2800 g/mol. The van der Waals surface area contributed by atoms with Gasteiger partial charge in [-0.2, -0.15) is 68.8 Å². The number of pyridine rings is 4. The number of aliphatic hydroxyl groups is 4. The molecule has 0 unspecified atom stereocenters. The summed E-state index contributed by atoms with van der Waals surface area (Å²) >= 11 is 6.99. The van der Waals surface area contributed by atoms with E-state index in [1.165, 1.54) is 91.4 Å². The van der Waals surface area contributed by atoms with E-state index < -0.39 is 0 Å². The Morgan fingerprint density at radius 1 is 0.331 bits per heavy atom. The number of allylic oxidation sites excluding steroid dienone is 8. The van der Waals surface area contributed by atoms with E-state index in [1.54, 1.807) is 45.3 Å². The Labute approximate surface area is 955 Å². The molecule has 0 fully saturated rings. The number of hydrogen-bond donors (Lipinski definition) is 4. The molecular formula is C124H160Ir4N4O12S4-4. The Hall–Kier alpha value is -8.82. The summed E-state index contributed by atoms with van der Waals surface area (Å²) in [5.74, 6) is 7.18. The number of carbonyl (C=O) groups excluding carboxylic acids is 4. The quantitative estimate of drug-likeness (QED) is 0.0179. The minimum atomic E-state index is -0.377. The molecule has 0 aliphatic carbocycles. The molecular weight excluding hydrogens is 2630 g/mol. The van der Waals surface area contributed by atoms with Crippen molar-refractivity contribution in [1.82, 2.24) is 19.9 Å². The van der Waals surface area contributed by atoms with E-state index in [0.29, 0.717) is 41.1 Å². The van der Waals surface area contributed by atoms with Crippen LogP contribution in [0.2, 0.25) is 0 Å². The average molecular weight is 2800 g/mol. The number of hydrogen-bond acceptors (Lipinski definition) is 20. The average Bonchev–Trinajstić information content (AvgIpc) is 1.66. The zero-order chi connectivity index (χ0) is 108. The zero-order valence-corrected chi connectivity index (χ0v) is 107. The van der Waals surface area contributed by atoms with Crippen molar-refractivity contribution in [2.75, 3.05) is 0 Å². The normalized spacial score (nSPS) is 12.0. The third-order valence-electron chi connectivity index (χ3n) is 26.7. The SMILES string of the molecule is CCC(C)(C)C(=O)C=C(O)C(C)(C)CC.CCC(C)(C)C(=O)C=C(O)C(C)(C)CC.CCC(C)(C)C(=O)C=C(O)C(C)(C)CC.CCC(C)(C)C(=O)C=C(O)C(C)(C)CC.Cc1[c-]c(Oc2cc3sc(-c4ccccc4)cc3cn2)cc(C)c1.Cc1[c-]c(Oc2cc3sc(C(C)C)cc3cn2)cc(C)c1.Cc1[c-]c(Oc2cc3scc(C(C)C)c3cn2)cc(C)c1.Cc1[c-]c(Oc2cc3sccc3cn2)cc(C)c1.[Ir].[Ir].[Ir].[Ir]. The summed E-state index contributed by atoms with van der Waals surface area (Å²) in [6.45, 7) is 71.7. The Morgan fingerprint density at radius 3 is 0.912 bits per heavy atom. The third kappa shape index (κ3) is 42.0. The molecule has 0 amide bonds. The van der Waals surface area contributed by atoms with Gasteiger partial charge in [-0.05, 0) is 103 Å². The number of rotatable bonds is 31. The Bertz CT molecular complexity index is 6240. The van der Waals surface area contributed by atoms with Crippen molar-refractivity contribution in [3.05, 3.63) is 283 Å². The van der Waals surface area contributed by atoms with E-state index in [1.807, 2.05) is 280 Å². The van der Waals surface area contributed by atoms with E-state index in [-0.39, 0.29) is 170 Å². The van der Waals surface area contributed by atoms with Crippen molar-refractivity contribution in [2.24, 2.45) is 43.3 Å². The molecule has 8 heterocycles. The van der Waals surface area contributed by atoms with Crippen LogP contribution in [0, 0.1) is 123 Å². The molecule has 0 saturated carbocycles. The van der Waals surface area contributed by atoms with Gasteiger partial charge in [0.15, 0.2) is 23.1 Å². The second-order valence-corrected chi connectivity index (χ2v) is 47.0. The first-order valence-electron chi connectivity index (χ1n) is 50.2. The van der Waals surface area contributed by atoms with Crippen LogP contribution in [0.5, 0.6) is 46.5 Å². The number of carbonyl (C=O) groups is 4. The fourth-order valence-electron chi connectivity index (χ4n) is 12.9. The van der Waals surface area contributed by atoms with Crippen LogP contribution >= 0.6 is 45.3 Å². The molecule has 0 atom stereocenters. The molecule has 4 radical (unpaired) electrons. The molecule has 4 N–H and O–H groups in total. The fourth-order valence-corrected chi connectivity index (χ4v) is 16.9. The van der Waals surface area contributed by atoms with Gasteiger partial charge in [0.05, 0.1) is 0 Å². The van der Waals surface area contributed by atoms with Crippen LogP contribution in [0.15, 0.2) is 204 Å². The molecule has 13 aromatic rings. The van der Waals surface area contributed by atoms with Crippen LogP contribution in [0.3, 0.4) is 0 Å². The van der Waals surface area contributed by atoms with Gasteiger partial charge < -0.3 is 39.4 Å². The van der Waals surface area contributed by atoms with E-state index in [4.69, 9.17) is 18.9 Å². The summed E-state index contributed by atoms with van der Waals surface area (Å²) in [6.07, 6.45) is 19.5. The Kier molecular flexibility index (Phi) is 55.4. The standard InChI is InChI=1S/C21H16NOS.2C18H18NOS.C15H12NOS.4C13H24O2.4Ir/c1-14-8-15(2)10-18(9-14)23-21-12-20-17(13-22-21)11-19(24-20)16-6-4-3-5-7-16;1-11(2)16-8-14-10-19-18(9-17(14)21-16)20-15-6-12(3)5-13(4)7-15;1-11(2)16-10-21-17-8-18(19-9-15(16)17)20-14-6-12(3)5-13(4)7-14;1-10-5-11(2)7-13(6-10)17-15-8-14-12(9-16-15)3-4-18-14;4*1-7-12(3,4)10(14)9-11(15)13(5,6)8-2;;;;/h3-9,11-13H,1-2H3;2*5-6,8-11H,1-4H3;3-6,8-9H,1-2H3;4*9,14H,7-8H2,1-6H3;;;;/q4*-1;;;;;;;;. The number of aryl methyl sites for hydroxylation is 8. The predicted molar refractivity (Wildman–Crippen MR) is 607 cm³/mol. The van der Waals surface area contributed by atoms with Crippen molar-refractivity contribution in [3.8, 4) is 57.0 Å². The predicted octanol–water partition coefficient (Wildman–Crippen LogP) is 37.4. The topological polar surface area (TPSA) is 238 Å². The van der Waals surface area contributed by atoms with Gasteiger partial charge in [-0.25, -0.2) is 19.9 Å². The van der Waals surface area contributed by atoms with Crippen LogP contribution in [-0.4, -0.2) is 63.5 Å².